The summed E-state index contributed by atoms with van der Waals surface area (Å²) in [5.74, 6) is -0.274. The Balaban J connectivity index is 1.71. The van der Waals surface area contributed by atoms with Crippen molar-refractivity contribution < 1.29 is 13.9 Å². The Morgan fingerprint density at radius 3 is 2.65 bits per heavy atom. The first kappa shape index (κ1) is 17.1. The van der Waals surface area contributed by atoms with Gasteiger partial charge in [-0.05, 0) is 52.7 Å². The number of benzene rings is 1. The second-order valence-electron chi connectivity index (χ2n) is 8.40. The third-order valence-electron chi connectivity index (χ3n) is 5.10. The lowest BCUT2D eigenvalue weighted by Crippen LogP contribution is -2.47. The number of carbonyl (C=O) groups excluding carboxylic acids is 1. The zero-order valence-corrected chi connectivity index (χ0v) is 15.7. The molecule has 1 amide bonds. The van der Waals surface area contributed by atoms with Crippen LogP contribution in [0.4, 0.5) is 9.18 Å². The topological polar surface area (TPSA) is 47.4 Å². The molecule has 0 saturated heterocycles. The van der Waals surface area contributed by atoms with E-state index in [1.165, 1.54) is 12.1 Å². The first-order valence-electron chi connectivity index (χ1n) is 9.01. The molecular weight excluding hydrogens is 333 g/mol. The van der Waals surface area contributed by atoms with Crippen molar-refractivity contribution in [2.45, 2.75) is 58.2 Å². The summed E-state index contributed by atoms with van der Waals surface area (Å²) in [7, 11) is 0. The van der Waals surface area contributed by atoms with E-state index in [4.69, 9.17) is 9.84 Å². The molecule has 0 unspecified atom stereocenters. The number of fused-ring (bicyclic) bond motifs is 2. The second kappa shape index (κ2) is 5.56. The second-order valence-corrected chi connectivity index (χ2v) is 8.40. The highest BCUT2D eigenvalue weighted by Crippen LogP contribution is 2.48. The molecule has 2 aromatic rings. The van der Waals surface area contributed by atoms with E-state index < -0.39 is 5.60 Å². The maximum Gasteiger partial charge on any atom is 0.410 e. The van der Waals surface area contributed by atoms with Crippen molar-refractivity contribution in [3.05, 3.63) is 41.3 Å². The zero-order chi connectivity index (χ0) is 18.7. The minimum Gasteiger partial charge on any atom is -0.444 e. The molecule has 1 spiro atoms. The minimum atomic E-state index is -0.521. The highest BCUT2D eigenvalue weighted by Gasteiger charge is 2.52. The van der Waals surface area contributed by atoms with E-state index in [0.29, 0.717) is 13.1 Å². The standard InChI is InChI=1S/C20H24FN3O2/c1-13-16-11-23(18(25)26-19(2,3)4)12-20(8-9-20)24(16)22-17(13)14-6-5-7-15(21)10-14/h5-7,10H,8-9,11-12H2,1-4H3. The van der Waals surface area contributed by atoms with Gasteiger partial charge in [0.05, 0.1) is 23.5 Å². The molecular formula is C20H24FN3O2. The fourth-order valence-corrected chi connectivity index (χ4v) is 3.65. The summed E-state index contributed by atoms with van der Waals surface area (Å²) in [5.41, 5.74) is 2.91. The van der Waals surface area contributed by atoms with E-state index in [9.17, 15) is 9.18 Å². The van der Waals surface area contributed by atoms with E-state index in [-0.39, 0.29) is 17.4 Å². The fourth-order valence-electron chi connectivity index (χ4n) is 3.65. The van der Waals surface area contributed by atoms with Crippen molar-refractivity contribution in [1.29, 1.82) is 0 Å². The van der Waals surface area contributed by atoms with Crippen LogP contribution < -0.4 is 0 Å². The largest absolute Gasteiger partial charge is 0.444 e. The van der Waals surface area contributed by atoms with Crippen molar-refractivity contribution >= 4 is 6.09 Å². The molecule has 1 fully saturated rings. The van der Waals surface area contributed by atoms with Crippen LogP contribution in [0.25, 0.3) is 11.3 Å². The van der Waals surface area contributed by atoms with Gasteiger partial charge in [-0.3, -0.25) is 9.58 Å². The van der Waals surface area contributed by atoms with Crippen LogP contribution in [0, 0.1) is 12.7 Å². The lowest BCUT2D eigenvalue weighted by molar-refractivity contribution is 0.0141. The number of hydrogen-bond donors (Lipinski definition) is 0. The fraction of sp³-hybridized carbons (Fsp3) is 0.500. The van der Waals surface area contributed by atoms with Crippen LogP contribution in [-0.2, 0) is 16.8 Å². The van der Waals surface area contributed by atoms with Gasteiger partial charge in [0.15, 0.2) is 0 Å². The average Bonchev–Trinajstić information content (AvgIpc) is 3.22. The quantitative estimate of drug-likeness (QED) is 0.767. The van der Waals surface area contributed by atoms with Crippen LogP contribution in [0.1, 0.15) is 44.9 Å². The van der Waals surface area contributed by atoms with Gasteiger partial charge < -0.3 is 4.74 Å². The van der Waals surface area contributed by atoms with E-state index in [0.717, 1.165) is 35.4 Å². The predicted octanol–water partition coefficient (Wildman–Crippen LogP) is 4.24. The number of aromatic nitrogens is 2. The number of carbonyl (C=O) groups is 1. The van der Waals surface area contributed by atoms with Gasteiger partial charge >= 0.3 is 6.09 Å². The van der Waals surface area contributed by atoms with Gasteiger partial charge in [0.1, 0.15) is 11.4 Å². The normalized spacial score (nSPS) is 18.0. The molecule has 2 aliphatic rings. The Kier molecular flexibility index (Phi) is 3.65. The molecule has 1 aromatic carbocycles. The summed E-state index contributed by atoms with van der Waals surface area (Å²) in [6, 6.07) is 6.51. The van der Waals surface area contributed by atoms with E-state index >= 15 is 0 Å². The summed E-state index contributed by atoms with van der Waals surface area (Å²) in [6.07, 6.45) is 1.69. The van der Waals surface area contributed by atoms with Gasteiger partial charge in [-0.2, -0.15) is 5.10 Å². The lowest BCUT2D eigenvalue weighted by Gasteiger charge is -2.35. The molecule has 0 radical (unpaired) electrons. The lowest BCUT2D eigenvalue weighted by atomic mass is 10.1. The van der Waals surface area contributed by atoms with Crippen molar-refractivity contribution in [2.24, 2.45) is 0 Å². The van der Waals surface area contributed by atoms with Gasteiger partial charge in [0.2, 0.25) is 0 Å². The zero-order valence-electron chi connectivity index (χ0n) is 15.7. The van der Waals surface area contributed by atoms with Crippen LogP contribution in [0.5, 0.6) is 0 Å². The molecule has 1 saturated carbocycles. The number of nitrogens with zero attached hydrogens (tertiary/aromatic N) is 3. The Hall–Kier alpha value is -2.37. The van der Waals surface area contributed by atoms with Crippen LogP contribution in [-0.4, -0.2) is 32.9 Å². The molecule has 26 heavy (non-hydrogen) atoms. The monoisotopic (exact) mass is 357 g/mol. The number of halogens is 1. The first-order valence-corrected chi connectivity index (χ1v) is 9.01. The van der Waals surface area contributed by atoms with Crippen molar-refractivity contribution in [2.75, 3.05) is 6.54 Å². The Morgan fingerprint density at radius 2 is 2.04 bits per heavy atom. The summed E-state index contributed by atoms with van der Waals surface area (Å²) >= 11 is 0. The smallest absolute Gasteiger partial charge is 0.410 e. The van der Waals surface area contributed by atoms with Crippen LogP contribution >= 0.6 is 0 Å². The van der Waals surface area contributed by atoms with Gasteiger partial charge in [-0.1, -0.05) is 12.1 Å². The molecule has 0 bridgehead atoms. The Labute approximate surface area is 152 Å². The third-order valence-corrected chi connectivity index (χ3v) is 5.10. The highest BCUT2D eigenvalue weighted by molar-refractivity contribution is 5.70. The molecule has 5 nitrogen and oxygen atoms in total. The van der Waals surface area contributed by atoms with E-state index in [1.54, 1.807) is 11.0 Å². The Bertz CT molecular complexity index is 878. The summed E-state index contributed by atoms with van der Waals surface area (Å²) in [4.78, 5) is 14.4. The van der Waals surface area contributed by atoms with Gasteiger partial charge in [0, 0.05) is 17.7 Å². The van der Waals surface area contributed by atoms with E-state index in [1.807, 2.05) is 33.8 Å². The molecule has 1 aliphatic heterocycles. The van der Waals surface area contributed by atoms with Crippen LogP contribution in [0.3, 0.4) is 0 Å². The number of rotatable bonds is 1. The maximum atomic E-state index is 13.7. The molecule has 0 atom stereocenters. The Morgan fingerprint density at radius 1 is 1.31 bits per heavy atom. The highest BCUT2D eigenvalue weighted by atomic mass is 19.1. The summed E-state index contributed by atoms with van der Waals surface area (Å²) in [5, 5.41) is 4.82. The van der Waals surface area contributed by atoms with E-state index in [2.05, 4.69) is 4.68 Å². The van der Waals surface area contributed by atoms with Crippen molar-refractivity contribution in [3.8, 4) is 11.3 Å². The summed E-state index contributed by atoms with van der Waals surface area (Å²) in [6.45, 7) is 8.69. The summed E-state index contributed by atoms with van der Waals surface area (Å²) < 4.78 is 21.3. The number of hydrogen-bond acceptors (Lipinski definition) is 3. The van der Waals surface area contributed by atoms with Gasteiger partial charge in [0.25, 0.3) is 0 Å². The van der Waals surface area contributed by atoms with Crippen molar-refractivity contribution in [1.82, 2.24) is 14.7 Å². The number of ether oxygens (including phenoxy) is 1. The minimum absolute atomic E-state index is 0.138. The number of amides is 1. The maximum absolute atomic E-state index is 13.7. The first-order chi connectivity index (χ1) is 12.2. The molecule has 6 heteroatoms. The SMILES string of the molecule is Cc1c(-c2cccc(F)c2)nn2c1CN(C(=O)OC(C)(C)C)CC21CC1. The van der Waals surface area contributed by atoms with Crippen LogP contribution in [0.15, 0.2) is 24.3 Å². The molecule has 4 rings (SSSR count). The molecule has 138 valence electrons. The molecule has 0 N–H and O–H groups in total. The van der Waals surface area contributed by atoms with Crippen LogP contribution in [0.2, 0.25) is 0 Å². The van der Waals surface area contributed by atoms with Crippen molar-refractivity contribution in [3.63, 3.8) is 0 Å². The van der Waals surface area contributed by atoms with Gasteiger partial charge in [-0.25, -0.2) is 9.18 Å². The van der Waals surface area contributed by atoms with Gasteiger partial charge in [-0.15, -0.1) is 0 Å². The predicted molar refractivity (Wildman–Crippen MR) is 96.2 cm³/mol. The molecule has 1 aromatic heterocycles. The molecule has 1 aliphatic carbocycles. The average molecular weight is 357 g/mol. The molecule has 2 heterocycles. The third kappa shape index (κ3) is 2.87.